The van der Waals surface area contributed by atoms with Crippen LogP contribution in [-0.4, -0.2) is 36.8 Å². The van der Waals surface area contributed by atoms with Gasteiger partial charge in [0.2, 0.25) is 0 Å². The number of hydrogen-bond acceptors (Lipinski definition) is 7. The summed E-state index contributed by atoms with van der Waals surface area (Å²) in [5, 5.41) is 17.0. The smallest absolute Gasteiger partial charge is 0.267 e. The van der Waals surface area contributed by atoms with Crippen LogP contribution in [0.5, 0.6) is 0 Å². The molecule has 3 aromatic heterocycles. The molecule has 0 amide bonds. The lowest BCUT2D eigenvalue weighted by atomic mass is 9.91. The molecule has 5 rings (SSSR count). The summed E-state index contributed by atoms with van der Waals surface area (Å²) in [4.78, 5) is 16.5. The molecule has 1 aliphatic heterocycles. The Morgan fingerprint density at radius 3 is 2.70 bits per heavy atom. The van der Waals surface area contributed by atoms with Crippen LogP contribution in [0.4, 0.5) is 5.82 Å². The Hall–Kier alpha value is -2.74. The summed E-state index contributed by atoms with van der Waals surface area (Å²) >= 11 is 1.95. The summed E-state index contributed by atoms with van der Waals surface area (Å²) in [7, 11) is 0. The van der Waals surface area contributed by atoms with Crippen LogP contribution in [0.3, 0.4) is 0 Å². The van der Waals surface area contributed by atoms with E-state index in [1.165, 1.54) is 5.56 Å². The van der Waals surface area contributed by atoms with Gasteiger partial charge in [0, 0.05) is 42.2 Å². The zero-order valence-electron chi connectivity index (χ0n) is 16.7. The average Bonchev–Trinajstić information content (AvgIpc) is 2.80. The fraction of sp³-hybridized carbons (Fsp3) is 0.409. The Morgan fingerprint density at radius 2 is 1.87 bits per heavy atom. The molecule has 8 heteroatoms. The molecule has 0 spiro atoms. The van der Waals surface area contributed by atoms with Crippen LogP contribution in [-0.2, 0) is 12.2 Å². The maximum atomic E-state index is 12.5. The van der Waals surface area contributed by atoms with E-state index in [2.05, 4.69) is 31.7 Å². The second-order valence-corrected chi connectivity index (χ2v) is 9.00. The molecule has 4 heterocycles. The number of nitrogens with one attached hydrogen (secondary N) is 1. The monoisotopic (exact) mass is 420 g/mol. The highest BCUT2D eigenvalue weighted by Crippen LogP contribution is 2.30. The van der Waals surface area contributed by atoms with E-state index in [4.69, 9.17) is 0 Å². The molecule has 0 bridgehead atoms. The van der Waals surface area contributed by atoms with E-state index in [-0.39, 0.29) is 11.6 Å². The number of hydrogen-bond donors (Lipinski definition) is 1. The molecule has 0 saturated heterocycles. The Kier molecular flexibility index (Phi) is 5.48. The summed E-state index contributed by atoms with van der Waals surface area (Å²) in [5.41, 5.74) is 4.18. The zero-order chi connectivity index (χ0) is 20.3. The molecule has 1 N–H and O–H groups in total. The van der Waals surface area contributed by atoms with Crippen LogP contribution in [0.25, 0.3) is 11.3 Å². The predicted molar refractivity (Wildman–Crippen MR) is 119 cm³/mol. The lowest BCUT2D eigenvalue weighted by molar-refractivity contribution is 0.304. The first-order chi connectivity index (χ1) is 14.8. The first-order valence-corrected chi connectivity index (χ1v) is 11.6. The van der Waals surface area contributed by atoms with Gasteiger partial charge in [0.1, 0.15) is 5.82 Å². The molecule has 7 nitrogen and oxygen atoms in total. The maximum Gasteiger partial charge on any atom is 0.267 e. The van der Waals surface area contributed by atoms with Crippen molar-refractivity contribution < 1.29 is 0 Å². The largest absolute Gasteiger partial charge is 0.366 e. The summed E-state index contributed by atoms with van der Waals surface area (Å²) < 4.78 is 1.67. The second-order valence-electron chi connectivity index (χ2n) is 7.89. The zero-order valence-corrected chi connectivity index (χ0v) is 17.5. The van der Waals surface area contributed by atoms with E-state index in [1.54, 1.807) is 29.2 Å². The standard InChI is InChI=1S/C22H24N6OS/c29-22-6-5-20(15-7-10-23-11-8-15)27-28(22)18-3-1-17(2-4-18)24-21-13-16-14-30-12-9-19(16)25-26-21/h5-8,10-11,13,17-18H,1-4,9,12,14H2,(H,24,26). The number of rotatable bonds is 4. The fourth-order valence-corrected chi connectivity index (χ4v) is 5.20. The third-order valence-corrected chi connectivity index (χ3v) is 6.90. The van der Waals surface area contributed by atoms with E-state index in [1.807, 2.05) is 23.9 Å². The van der Waals surface area contributed by atoms with Gasteiger partial charge in [0.05, 0.1) is 17.4 Å². The van der Waals surface area contributed by atoms with Crippen LogP contribution < -0.4 is 10.9 Å². The van der Waals surface area contributed by atoms with Gasteiger partial charge in [-0.2, -0.15) is 22.0 Å². The van der Waals surface area contributed by atoms with E-state index >= 15 is 0 Å². The van der Waals surface area contributed by atoms with Gasteiger partial charge >= 0.3 is 0 Å². The SMILES string of the molecule is O=c1ccc(-c2ccncc2)nn1C1CCC(Nc2cc3c(nn2)CCSC3)CC1. The molecular formula is C22H24N6OS. The van der Waals surface area contributed by atoms with Crippen molar-refractivity contribution in [3.8, 4) is 11.3 Å². The highest BCUT2D eigenvalue weighted by Gasteiger charge is 2.25. The van der Waals surface area contributed by atoms with Crippen molar-refractivity contribution in [3.05, 3.63) is 64.3 Å². The molecule has 1 aliphatic carbocycles. The van der Waals surface area contributed by atoms with Crippen molar-refractivity contribution in [2.75, 3.05) is 11.1 Å². The van der Waals surface area contributed by atoms with Gasteiger partial charge < -0.3 is 5.32 Å². The van der Waals surface area contributed by atoms with Crippen molar-refractivity contribution >= 4 is 17.6 Å². The van der Waals surface area contributed by atoms with Gasteiger partial charge in [0.15, 0.2) is 0 Å². The third-order valence-electron chi connectivity index (χ3n) is 5.90. The van der Waals surface area contributed by atoms with Crippen molar-refractivity contribution in [2.24, 2.45) is 0 Å². The minimum Gasteiger partial charge on any atom is -0.366 e. The number of aromatic nitrogens is 5. The molecule has 0 unspecified atom stereocenters. The fourth-order valence-electron chi connectivity index (χ4n) is 4.25. The minimum absolute atomic E-state index is 0.0396. The van der Waals surface area contributed by atoms with Gasteiger partial charge in [-0.1, -0.05) is 0 Å². The Morgan fingerprint density at radius 1 is 1.03 bits per heavy atom. The lowest BCUT2D eigenvalue weighted by Crippen LogP contribution is -2.33. The number of aryl methyl sites for hydroxylation is 1. The molecular weight excluding hydrogens is 396 g/mol. The summed E-state index contributed by atoms with van der Waals surface area (Å²) in [5.74, 6) is 3.03. The van der Waals surface area contributed by atoms with Crippen molar-refractivity contribution in [3.63, 3.8) is 0 Å². The van der Waals surface area contributed by atoms with Crippen LogP contribution in [0, 0.1) is 0 Å². The number of anilines is 1. The first-order valence-electron chi connectivity index (χ1n) is 10.5. The van der Waals surface area contributed by atoms with Crippen LogP contribution in [0.2, 0.25) is 0 Å². The predicted octanol–water partition coefficient (Wildman–Crippen LogP) is 3.48. The highest BCUT2D eigenvalue weighted by atomic mass is 32.2. The Labute approximate surface area is 179 Å². The molecule has 1 fully saturated rings. The van der Waals surface area contributed by atoms with Gasteiger partial charge in [-0.25, -0.2) is 4.68 Å². The molecule has 0 atom stereocenters. The van der Waals surface area contributed by atoms with Gasteiger partial charge in [-0.05, 0) is 61.3 Å². The minimum atomic E-state index is -0.0396. The second kappa shape index (κ2) is 8.55. The highest BCUT2D eigenvalue weighted by molar-refractivity contribution is 7.98. The third kappa shape index (κ3) is 4.09. The van der Waals surface area contributed by atoms with Crippen molar-refractivity contribution in [1.82, 2.24) is 25.0 Å². The summed E-state index contributed by atoms with van der Waals surface area (Å²) in [6.45, 7) is 0. The van der Waals surface area contributed by atoms with Crippen LogP contribution >= 0.6 is 11.8 Å². The maximum absolute atomic E-state index is 12.5. The number of pyridine rings is 1. The number of nitrogens with zero attached hydrogens (tertiary/aromatic N) is 5. The van der Waals surface area contributed by atoms with Gasteiger partial charge in [-0.15, -0.1) is 5.10 Å². The van der Waals surface area contributed by atoms with Crippen molar-refractivity contribution in [1.29, 1.82) is 0 Å². The summed E-state index contributed by atoms with van der Waals surface area (Å²) in [6.07, 6.45) is 8.28. The van der Waals surface area contributed by atoms with E-state index in [0.29, 0.717) is 6.04 Å². The molecule has 154 valence electrons. The molecule has 30 heavy (non-hydrogen) atoms. The molecule has 1 saturated carbocycles. The quantitative estimate of drug-likeness (QED) is 0.691. The average molecular weight is 421 g/mol. The Balaban J connectivity index is 1.26. The molecule has 0 radical (unpaired) electrons. The van der Waals surface area contributed by atoms with E-state index < -0.39 is 0 Å². The lowest BCUT2D eigenvalue weighted by Gasteiger charge is -2.30. The van der Waals surface area contributed by atoms with E-state index in [9.17, 15) is 4.79 Å². The molecule has 0 aromatic carbocycles. The summed E-state index contributed by atoms with van der Waals surface area (Å²) in [6, 6.07) is 9.87. The van der Waals surface area contributed by atoms with Gasteiger partial charge in [0.25, 0.3) is 5.56 Å². The van der Waals surface area contributed by atoms with Gasteiger partial charge in [-0.3, -0.25) is 9.78 Å². The molecule has 2 aliphatic rings. The topological polar surface area (TPSA) is 85.6 Å². The number of fused-ring (bicyclic) bond motifs is 1. The molecule has 3 aromatic rings. The van der Waals surface area contributed by atoms with Crippen LogP contribution in [0.1, 0.15) is 43.0 Å². The van der Waals surface area contributed by atoms with E-state index in [0.717, 1.165) is 66.4 Å². The normalized spacial score (nSPS) is 21.1. The first kappa shape index (κ1) is 19.2. The Bertz CT molecular complexity index is 1080. The van der Waals surface area contributed by atoms with Crippen LogP contribution in [0.15, 0.2) is 47.5 Å². The van der Waals surface area contributed by atoms with Crippen molar-refractivity contribution in [2.45, 2.75) is 49.9 Å². The number of thioether (sulfide) groups is 1.